The SMILES string of the molecule is CN(CCCC(=O)O)S(=O)(=O)NC1CC1. The van der Waals surface area contributed by atoms with Gasteiger partial charge in [0.25, 0.3) is 10.2 Å². The zero-order valence-corrected chi connectivity index (χ0v) is 9.46. The van der Waals surface area contributed by atoms with Crippen molar-refractivity contribution in [2.24, 2.45) is 0 Å². The molecule has 0 amide bonds. The van der Waals surface area contributed by atoms with Gasteiger partial charge in [0.15, 0.2) is 0 Å². The molecular weight excluding hydrogens is 220 g/mol. The van der Waals surface area contributed by atoms with E-state index in [1.807, 2.05) is 0 Å². The molecule has 2 N–H and O–H groups in total. The second-order valence-corrected chi connectivity index (χ2v) is 5.53. The molecule has 15 heavy (non-hydrogen) atoms. The highest BCUT2D eigenvalue weighted by molar-refractivity contribution is 7.87. The first-order valence-corrected chi connectivity index (χ1v) is 6.31. The summed E-state index contributed by atoms with van der Waals surface area (Å²) in [6.45, 7) is 0.231. The van der Waals surface area contributed by atoms with Crippen LogP contribution < -0.4 is 4.72 Å². The van der Waals surface area contributed by atoms with Gasteiger partial charge in [0.05, 0.1) is 0 Å². The average Bonchev–Trinajstić information content (AvgIpc) is 2.86. The van der Waals surface area contributed by atoms with Gasteiger partial charge in [-0.3, -0.25) is 4.79 Å². The topological polar surface area (TPSA) is 86.7 Å². The van der Waals surface area contributed by atoms with Gasteiger partial charge in [0.1, 0.15) is 0 Å². The van der Waals surface area contributed by atoms with E-state index in [-0.39, 0.29) is 19.0 Å². The zero-order valence-electron chi connectivity index (χ0n) is 8.64. The van der Waals surface area contributed by atoms with Crippen molar-refractivity contribution in [3.8, 4) is 0 Å². The van der Waals surface area contributed by atoms with Crippen molar-refractivity contribution in [1.29, 1.82) is 0 Å². The van der Waals surface area contributed by atoms with Crippen LogP contribution in [0.1, 0.15) is 25.7 Å². The van der Waals surface area contributed by atoms with Crippen LogP contribution in [0.4, 0.5) is 0 Å². The third-order valence-electron chi connectivity index (χ3n) is 2.17. The molecule has 0 saturated heterocycles. The lowest BCUT2D eigenvalue weighted by Gasteiger charge is -2.16. The van der Waals surface area contributed by atoms with Gasteiger partial charge in [-0.2, -0.15) is 17.4 Å². The predicted molar refractivity (Wildman–Crippen MR) is 54.6 cm³/mol. The molecule has 88 valence electrons. The van der Waals surface area contributed by atoms with E-state index in [2.05, 4.69) is 4.72 Å². The number of carbonyl (C=O) groups is 1. The summed E-state index contributed by atoms with van der Waals surface area (Å²) in [4.78, 5) is 10.2. The van der Waals surface area contributed by atoms with Crippen LogP contribution in [0.2, 0.25) is 0 Å². The Morgan fingerprint density at radius 1 is 1.53 bits per heavy atom. The first-order valence-electron chi connectivity index (χ1n) is 4.87. The Hall–Kier alpha value is -0.660. The number of nitrogens with one attached hydrogen (secondary N) is 1. The van der Waals surface area contributed by atoms with Crippen molar-refractivity contribution >= 4 is 16.2 Å². The van der Waals surface area contributed by atoms with Crippen LogP contribution in [-0.4, -0.2) is 43.4 Å². The van der Waals surface area contributed by atoms with Gasteiger partial charge < -0.3 is 5.11 Å². The monoisotopic (exact) mass is 236 g/mol. The van der Waals surface area contributed by atoms with Crippen molar-refractivity contribution in [2.75, 3.05) is 13.6 Å². The van der Waals surface area contributed by atoms with E-state index in [0.717, 1.165) is 17.1 Å². The average molecular weight is 236 g/mol. The summed E-state index contributed by atoms with van der Waals surface area (Å²) >= 11 is 0. The quantitative estimate of drug-likeness (QED) is 0.640. The summed E-state index contributed by atoms with van der Waals surface area (Å²) in [5, 5.41) is 8.40. The predicted octanol–water partition coefficient (Wildman–Crippen LogP) is -0.220. The number of hydrogen-bond acceptors (Lipinski definition) is 3. The Morgan fingerprint density at radius 3 is 2.60 bits per heavy atom. The standard InChI is InChI=1S/C8H16N2O4S/c1-10(6-2-3-8(11)12)15(13,14)9-7-4-5-7/h7,9H,2-6H2,1H3,(H,11,12). The third kappa shape index (κ3) is 4.59. The van der Waals surface area contributed by atoms with Crippen LogP contribution in [0.3, 0.4) is 0 Å². The van der Waals surface area contributed by atoms with Crippen LogP contribution in [0.25, 0.3) is 0 Å². The number of carboxylic acid groups (broad SMARTS) is 1. The lowest BCUT2D eigenvalue weighted by molar-refractivity contribution is -0.137. The van der Waals surface area contributed by atoms with Gasteiger partial charge in [-0.15, -0.1) is 0 Å². The van der Waals surface area contributed by atoms with Gasteiger partial charge >= 0.3 is 5.97 Å². The molecule has 1 rings (SSSR count). The Labute approximate surface area is 89.4 Å². The zero-order chi connectivity index (χ0) is 11.5. The maximum Gasteiger partial charge on any atom is 0.303 e. The minimum Gasteiger partial charge on any atom is -0.481 e. The summed E-state index contributed by atoms with van der Waals surface area (Å²) < 4.78 is 26.7. The fourth-order valence-corrected chi connectivity index (χ4v) is 2.28. The molecule has 0 aromatic heterocycles. The molecule has 0 aromatic rings. The minimum atomic E-state index is -3.40. The fourth-order valence-electron chi connectivity index (χ4n) is 1.07. The molecule has 6 nitrogen and oxygen atoms in total. The summed E-state index contributed by atoms with van der Waals surface area (Å²) in [6.07, 6.45) is 2.10. The van der Waals surface area contributed by atoms with Crippen molar-refractivity contribution in [1.82, 2.24) is 9.03 Å². The Bertz CT molecular complexity index is 324. The van der Waals surface area contributed by atoms with Gasteiger partial charge in [-0.25, -0.2) is 0 Å². The first-order chi connectivity index (χ1) is 6.92. The highest BCUT2D eigenvalue weighted by Crippen LogP contribution is 2.20. The fraction of sp³-hybridized carbons (Fsp3) is 0.875. The summed E-state index contributed by atoms with van der Waals surface area (Å²) in [6, 6.07) is 0.0805. The third-order valence-corrected chi connectivity index (χ3v) is 3.80. The highest BCUT2D eigenvalue weighted by Gasteiger charge is 2.29. The number of carboxylic acids is 1. The minimum absolute atomic E-state index is 0.0106. The smallest absolute Gasteiger partial charge is 0.303 e. The van der Waals surface area contributed by atoms with E-state index in [9.17, 15) is 13.2 Å². The molecule has 7 heteroatoms. The van der Waals surface area contributed by atoms with E-state index in [1.165, 1.54) is 7.05 Å². The molecule has 0 aliphatic heterocycles. The number of hydrogen-bond donors (Lipinski definition) is 2. The second-order valence-electron chi connectivity index (χ2n) is 3.72. The van der Waals surface area contributed by atoms with E-state index in [0.29, 0.717) is 6.42 Å². The van der Waals surface area contributed by atoms with E-state index in [1.54, 1.807) is 0 Å². The van der Waals surface area contributed by atoms with Gasteiger partial charge in [0.2, 0.25) is 0 Å². The first kappa shape index (κ1) is 12.4. The summed E-state index contributed by atoms with van der Waals surface area (Å²) in [5.74, 6) is -0.907. The lowest BCUT2D eigenvalue weighted by atomic mass is 10.3. The largest absolute Gasteiger partial charge is 0.481 e. The van der Waals surface area contributed by atoms with Crippen LogP contribution in [-0.2, 0) is 15.0 Å². The Balaban J connectivity index is 2.30. The van der Waals surface area contributed by atoms with Gasteiger partial charge in [-0.1, -0.05) is 0 Å². The van der Waals surface area contributed by atoms with Crippen LogP contribution >= 0.6 is 0 Å². The highest BCUT2D eigenvalue weighted by atomic mass is 32.2. The summed E-state index contributed by atoms with van der Waals surface area (Å²) in [7, 11) is -1.95. The number of aliphatic carboxylic acids is 1. The van der Waals surface area contributed by atoms with E-state index < -0.39 is 16.2 Å². The van der Waals surface area contributed by atoms with E-state index >= 15 is 0 Å². The molecule has 0 atom stereocenters. The lowest BCUT2D eigenvalue weighted by Crippen LogP contribution is -2.39. The van der Waals surface area contributed by atoms with Crippen molar-refractivity contribution in [2.45, 2.75) is 31.7 Å². The van der Waals surface area contributed by atoms with E-state index in [4.69, 9.17) is 5.11 Å². The molecule has 1 aliphatic carbocycles. The van der Waals surface area contributed by atoms with Crippen LogP contribution in [0.5, 0.6) is 0 Å². The molecule has 1 saturated carbocycles. The molecule has 0 radical (unpaired) electrons. The molecular formula is C8H16N2O4S. The molecule has 0 spiro atoms. The van der Waals surface area contributed by atoms with Gasteiger partial charge in [-0.05, 0) is 19.3 Å². The molecule has 0 aromatic carbocycles. The maximum absolute atomic E-state index is 11.5. The Kier molecular flexibility index (Phi) is 4.06. The molecule has 1 aliphatic rings. The van der Waals surface area contributed by atoms with Crippen molar-refractivity contribution < 1.29 is 18.3 Å². The molecule has 0 unspecified atom stereocenters. The van der Waals surface area contributed by atoms with Gasteiger partial charge in [0, 0.05) is 26.1 Å². The molecule has 0 heterocycles. The molecule has 0 bridgehead atoms. The van der Waals surface area contributed by atoms with Crippen molar-refractivity contribution in [3.63, 3.8) is 0 Å². The van der Waals surface area contributed by atoms with Crippen LogP contribution in [0, 0.1) is 0 Å². The van der Waals surface area contributed by atoms with Crippen LogP contribution in [0.15, 0.2) is 0 Å². The maximum atomic E-state index is 11.5. The second kappa shape index (κ2) is 4.91. The number of rotatable bonds is 7. The van der Waals surface area contributed by atoms with Crippen molar-refractivity contribution in [3.05, 3.63) is 0 Å². The normalized spacial score (nSPS) is 16.9. The molecule has 1 fully saturated rings. The Morgan fingerprint density at radius 2 is 2.13 bits per heavy atom. The summed E-state index contributed by atoms with van der Waals surface area (Å²) in [5.41, 5.74) is 0. The number of nitrogens with zero attached hydrogens (tertiary/aromatic N) is 1.